The van der Waals surface area contributed by atoms with Crippen molar-refractivity contribution in [3.05, 3.63) is 23.8 Å². The van der Waals surface area contributed by atoms with Crippen molar-refractivity contribution < 1.29 is 14.7 Å². The average molecular weight is 309 g/mol. The van der Waals surface area contributed by atoms with Crippen LogP contribution in [0.2, 0.25) is 0 Å². The third-order valence-electron chi connectivity index (χ3n) is 3.35. The van der Waals surface area contributed by atoms with E-state index in [2.05, 4.69) is 10.5 Å². The van der Waals surface area contributed by atoms with Gasteiger partial charge in [0.1, 0.15) is 5.75 Å². The van der Waals surface area contributed by atoms with Gasteiger partial charge in [-0.05, 0) is 30.7 Å². The molecule has 0 aromatic heterocycles. The van der Waals surface area contributed by atoms with Crippen LogP contribution in [0, 0.1) is 0 Å². The Balaban J connectivity index is 2.26. The van der Waals surface area contributed by atoms with Gasteiger partial charge in [0.05, 0.1) is 18.0 Å². The van der Waals surface area contributed by atoms with Crippen molar-refractivity contribution in [2.45, 2.75) is 24.5 Å². The first-order valence-electron chi connectivity index (χ1n) is 6.74. The lowest BCUT2D eigenvalue weighted by Crippen LogP contribution is -2.29. The van der Waals surface area contributed by atoms with Crippen molar-refractivity contribution in [3.8, 4) is 5.75 Å². The van der Waals surface area contributed by atoms with Crippen molar-refractivity contribution in [2.24, 2.45) is 10.9 Å². The Hall–Kier alpha value is -1.89. The number of carbonyl (C=O) groups excluding carboxylic acids is 1. The number of nitrogens with zero attached hydrogens (tertiary/aromatic N) is 1. The van der Waals surface area contributed by atoms with Crippen LogP contribution in [0.1, 0.15) is 24.8 Å². The molecule has 2 rings (SSSR count). The van der Waals surface area contributed by atoms with E-state index in [0.717, 1.165) is 25.0 Å². The van der Waals surface area contributed by atoms with Crippen LogP contribution >= 0.6 is 11.8 Å². The molecule has 7 heteroatoms. The number of anilines is 1. The molecule has 0 radical (unpaired) electrons. The van der Waals surface area contributed by atoms with Crippen LogP contribution < -0.4 is 15.8 Å². The Bertz CT molecular complexity index is 542. The molecule has 1 aliphatic heterocycles. The second-order valence-electron chi connectivity index (χ2n) is 4.71. The largest absolute Gasteiger partial charge is 0.495 e. The quantitative estimate of drug-likeness (QED) is 0.342. The standard InChI is InChI=1S/C14H19N3O3S/c1-20-10-6-4-5-9(13(15)17-19)12(10)16-14(18)11-7-2-3-8-21-11/h4-6,11,19H,2-3,7-8H2,1H3,(H2,15,17)(H,16,18). The van der Waals surface area contributed by atoms with Crippen LogP contribution in [0.3, 0.4) is 0 Å². The smallest absolute Gasteiger partial charge is 0.237 e. The number of benzene rings is 1. The fourth-order valence-corrected chi connectivity index (χ4v) is 3.45. The number of hydrogen-bond acceptors (Lipinski definition) is 5. The van der Waals surface area contributed by atoms with Crippen molar-refractivity contribution in [2.75, 3.05) is 18.2 Å². The lowest BCUT2D eigenvalue weighted by atomic mass is 10.1. The van der Waals surface area contributed by atoms with Crippen molar-refractivity contribution >= 4 is 29.2 Å². The van der Waals surface area contributed by atoms with Crippen LogP contribution in [0.4, 0.5) is 5.69 Å². The maximum absolute atomic E-state index is 12.4. The number of amides is 1. The Morgan fingerprint density at radius 3 is 2.95 bits per heavy atom. The van der Waals surface area contributed by atoms with Gasteiger partial charge < -0.3 is 21.0 Å². The SMILES string of the molecule is COc1cccc(/C(N)=N/O)c1NC(=O)C1CCCCS1. The Morgan fingerprint density at radius 2 is 2.33 bits per heavy atom. The van der Waals surface area contributed by atoms with E-state index in [4.69, 9.17) is 15.7 Å². The molecule has 0 saturated carbocycles. The summed E-state index contributed by atoms with van der Waals surface area (Å²) in [6, 6.07) is 5.11. The molecule has 1 fully saturated rings. The number of amidine groups is 1. The third kappa shape index (κ3) is 3.60. The van der Waals surface area contributed by atoms with Gasteiger partial charge in [-0.1, -0.05) is 17.6 Å². The zero-order valence-electron chi connectivity index (χ0n) is 11.8. The maximum Gasteiger partial charge on any atom is 0.237 e. The second kappa shape index (κ2) is 7.21. The van der Waals surface area contributed by atoms with Gasteiger partial charge in [-0.2, -0.15) is 0 Å². The molecule has 6 nitrogen and oxygen atoms in total. The normalized spacial score (nSPS) is 19.1. The first-order chi connectivity index (χ1) is 10.2. The Kier molecular flexibility index (Phi) is 5.32. The number of nitrogens with two attached hydrogens (primary N) is 1. The van der Waals surface area contributed by atoms with Gasteiger partial charge in [-0.25, -0.2) is 0 Å². The molecule has 0 spiro atoms. The Morgan fingerprint density at radius 1 is 1.52 bits per heavy atom. The van der Waals surface area contributed by atoms with E-state index >= 15 is 0 Å². The number of rotatable bonds is 4. The van der Waals surface area contributed by atoms with Gasteiger partial charge >= 0.3 is 0 Å². The number of thioether (sulfide) groups is 1. The van der Waals surface area contributed by atoms with E-state index in [-0.39, 0.29) is 17.0 Å². The van der Waals surface area contributed by atoms with E-state index in [1.165, 1.54) is 7.11 Å². The number of methoxy groups -OCH3 is 1. The van der Waals surface area contributed by atoms with Gasteiger partial charge in [0, 0.05) is 5.56 Å². The fraction of sp³-hybridized carbons (Fsp3) is 0.429. The zero-order chi connectivity index (χ0) is 15.2. The monoisotopic (exact) mass is 309 g/mol. The van der Waals surface area contributed by atoms with Crippen molar-refractivity contribution in [1.29, 1.82) is 0 Å². The molecule has 1 heterocycles. The number of hydrogen-bond donors (Lipinski definition) is 3. The van der Waals surface area contributed by atoms with Crippen LogP contribution in [0.25, 0.3) is 0 Å². The lowest BCUT2D eigenvalue weighted by molar-refractivity contribution is -0.115. The molecule has 21 heavy (non-hydrogen) atoms. The average Bonchev–Trinajstić information content (AvgIpc) is 2.55. The van der Waals surface area contributed by atoms with Gasteiger partial charge in [-0.15, -0.1) is 11.8 Å². The summed E-state index contributed by atoms with van der Waals surface area (Å²) in [5, 5.41) is 14.7. The summed E-state index contributed by atoms with van der Waals surface area (Å²) < 4.78 is 5.26. The van der Waals surface area contributed by atoms with Gasteiger partial charge in [0.2, 0.25) is 5.91 Å². The number of ether oxygens (including phenoxy) is 1. The van der Waals surface area contributed by atoms with E-state index < -0.39 is 0 Å². The highest BCUT2D eigenvalue weighted by Gasteiger charge is 2.24. The molecule has 1 unspecified atom stereocenters. The van der Waals surface area contributed by atoms with E-state index in [0.29, 0.717) is 17.0 Å². The van der Waals surface area contributed by atoms with Crippen molar-refractivity contribution in [1.82, 2.24) is 0 Å². The number of para-hydroxylation sites is 1. The highest BCUT2D eigenvalue weighted by Crippen LogP contribution is 2.31. The molecule has 1 amide bonds. The molecule has 1 aliphatic rings. The molecule has 1 aromatic carbocycles. The molecule has 1 atom stereocenters. The maximum atomic E-state index is 12.4. The Labute approximate surface area is 127 Å². The highest BCUT2D eigenvalue weighted by atomic mass is 32.2. The van der Waals surface area contributed by atoms with Gasteiger partial charge in [0.15, 0.2) is 5.84 Å². The number of carbonyl (C=O) groups is 1. The highest BCUT2D eigenvalue weighted by molar-refractivity contribution is 8.00. The summed E-state index contributed by atoms with van der Waals surface area (Å²) in [5.41, 5.74) is 6.53. The van der Waals surface area contributed by atoms with Crippen LogP contribution in [0.5, 0.6) is 5.75 Å². The summed E-state index contributed by atoms with van der Waals surface area (Å²) in [6.07, 6.45) is 3.08. The summed E-state index contributed by atoms with van der Waals surface area (Å²) >= 11 is 1.66. The van der Waals surface area contributed by atoms with Crippen LogP contribution in [-0.2, 0) is 4.79 Å². The molecule has 1 aromatic rings. The summed E-state index contributed by atoms with van der Waals surface area (Å²) in [4.78, 5) is 12.4. The van der Waals surface area contributed by atoms with Gasteiger partial charge in [0.25, 0.3) is 0 Å². The summed E-state index contributed by atoms with van der Waals surface area (Å²) in [6.45, 7) is 0. The fourth-order valence-electron chi connectivity index (χ4n) is 2.25. The number of oxime groups is 1. The number of nitrogens with one attached hydrogen (secondary N) is 1. The van der Waals surface area contributed by atoms with E-state index in [1.54, 1.807) is 30.0 Å². The molecular weight excluding hydrogens is 290 g/mol. The lowest BCUT2D eigenvalue weighted by Gasteiger charge is -2.22. The van der Waals surface area contributed by atoms with Crippen LogP contribution in [0.15, 0.2) is 23.4 Å². The zero-order valence-corrected chi connectivity index (χ0v) is 12.7. The molecule has 0 bridgehead atoms. The topological polar surface area (TPSA) is 96.9 Å². The van der Waals surface area contributed by atoms with Crippen molar-refractivity contribution in [3.63, 3.8) is 0 Å². The first kappa shape index (κ1) is 15.5. The van der Waals surface area contributed by atoms with Crippen LogP contribution in [-0.4, -0.2) is 35.1 Å². The summed E-state index contributed by atoms with van der Waals surface area (Å²) in [7, 11) is 1.51. The van der Waals surface area contributed by atoms with E-state index in [9.17, 15) is 4.79 Å². The van der Waals surface area contributed by atoms with E-state index in [1.807, 2.05) is 0 Å². The molecule has 114 valence electrons. The second-order valence-corrected chi connectivity index (χ2v) is 6.02. The minimum absolute atomic E-state index is 0.0659. The predicted octanol–water partition coefficient (Wildman–Crippen LogP) is 2.01. The predicted molar refractivity (Wildman–Crippen MR) is 84.2 cm³/mol. The minimum Gasteiger partial charge on any atom is -0.495 e. The first-order valence-corrected chi connectivity index (χ1v) is 7.79. The summed E-state index contributed by atoms with van der Waals surface area (Å²) in [5.74, 6) is 1.34. The molecule has 1 saturated heterocycles. The molecular formula is C14H19N3O3S. The molecule has 4 N–H and O–H groups in total. The molecule has 0 aliphatic carbocycles. The minimum atomic E-state index is -0.0730. The van der Waals surface area contributed by atoms with Gasteiger partial charge in [-0.3, -0.25) is 4.79 Å². The third-order valence-corrected chi connectivity index (χ3v) is 4.73.